The van der Waals surface area contributed by atoms with Gasteiger partial charge in [0.25, 0.3) is 5.91 Å². The molecule has 0 saturated heterocycles. The van der Waals surface area contributed by atoms with Crippen LogP contribution in [0.15, 0.2) is 48.5 Å². The van der Waals surface area contributed by atoms with Crippen molar-refractivity contribution in [2.24, 2.45) is 5.92 Å². The average molecular weight is 378 g/mol. The Morgan fingerprint density at radius 2 is 1.52 bits per heavy atom. The summed E-state index contributed by atoms with van der Waals surface area (Å²) in [6, 6.07) is 11.4. The van der Waals surface area contributed by atoms with E-state index in [9.17, 15) is 22.8 Å². The lowest BCUT2D eigenvalue weighted by Gasteiger charge is -2.12. The number of hydrogen-bond acceptors (Lipinski definition) is 2. The van der Waals surface area contributed by atoms with E-state index in [1.54, 1.807) is 38.1 Å². The van der Waals surface area contributed by atoms with Gasteiger partial charge in [0, 0.05) is 24.6 Å². The Labute approximate surface area is 155 Å². The van der Waals surface area contributed by atoms with Crippen molar-refractivity contribution in [1.29, 1.82) is 0 Å². The van der Waals surface area contributed by atoms with Crippen LogP contribution in [0.1, 0.15) is 29.8 Å². The molecule has 0 heterocycles. The van der Waals surface area contributed by atoms with Gasteiger partial charge in [-0.25, -0.2) is 0 Å². The van der Waals surface area contributed by atoms with Gasteiger partial charge in [0.2, 0.25) is 5.91 Å². The lowest BCUT2D eigenvalue weighted by Crippen LogP contribution is -2.36. The quantitative estimate of drug-likeness (QED) is 0.750. The van der Waals surface area contributed by atoms with Crippen molar-refractivity contribution in [2.75, 3.05) is 13.1 Å². The number of alkyl halides is 3. The van der Waals surface area contributed by atoms with Crippen LogP contribution in [-0.2, 0) is 11.0 Å². The van der Waals surface area contributed by atoms with Crippen molar-refractivity contribution < 1.29 is 22.8 Å². The van der Waals surface area contributed by atoms with Gasteiger partial charge in [0.15, 0.2) is 0 Å². The molecule has 0 bridgehead atoms. The minimum absolute atomic E-state index is 0.102. The summed E-state index contributed by atoms with van der Waals surface area (Å²) in [6.45, 7) is 4.09. The number of rotatable bonds is 6. The lowest BCUT2D eigenvalue weighted by atomic mass is 9.98. The molecule has 2 amide bonds. The Morgan fingerprint density at radius 3 is 2.11 bits per heavy atom. The van der Waals surface area contributed by atoms with Crippen LogP contribution in [0.3, 0.4) is 0 Å². The Bertz CT molecular complexity index is 800. The van der Waals surface area contributed by atoms with Gasteiger partial charge >= 0.3 is 6.18 Å². The predicted octanol–water partition coefficient (Wildman–Crippen LogP) is 3.87. The lowest BCUT2D eigenvalue weighted by molar-refractivity contribution is -0.137. The number of amides is 2. The molecule has 0 unspecified atom stereocenters. The Balaban J connectivity index is 2.09. The molecular formula is C20H21F3N2O2. The maximum Gasteiger partial charge on any atom is 0.416 e. The van der Waals surface area contributed by atoms with E-state index >= 15 is 0 Å². The van der Waals surface area contributed by atoms with Gasteiger partial charge in [0.05, 0.1) is 5.56 Å². The highest BCUT2D eigenvalue weighted by atomic mass is 19.4. The van der Waals surface area contributed by atoms with Crippen molar-refractivity contribution in [3.63, 3.8) is 0 Å². The zero-order valence-corrected chi connectivity index (χ0v) is 15.1. The first-order valence-electron chi connectivity index (χ1n) is 8.52. The van der Waals surface area contributed by atoms with E-state index in [4.69, 9.17) is 0 Å². The molecule has 4 nitrogen and oxygen atoms in total. The highest BCUT2D eigenvalue weighted by Gasteiger charge is 2.30. The standard InChI is InChI=1S/C20H21F3N2O2/c1-13(2)18(26)24-11-12-25-19(27)17-6-4-3-5-16(17)14-7-9-15(10-8-14)20(21,22)23/h3-10,13H,11-12H2,1-2H3,(H,24,26)(H,25,27). The van der Waals surface area contributed by atoms with Crippen molar-refractivity contribution in [3.8, 4) is 11.1 Å². The molecule has 0 aliphatic carbocycles. The smallest absolute Gasteiger partial charge is 0.354 e. The van der Waals surface area contributed by atoms with Gasteiger partial charge in [-0.15, -0.1) is 0 Å². The zero-order chi connectivity index (χ0) is 20.0. The number of carbonyl (C=O) groups excluding carboxylic acids is 2. The molecule has 0 radical (unpaired) electrons. The molecule has 0 aliphatic rings. The van der Waals surface area contributed by atoms with E-state index in [2.05, 4.69) is 10.6 Å². The minimum atomic E-state index is -4.41. The summed E-state index contributed by atoms with van der Waals surface area (Å²) < 4.78 is 38.1. The fraction of sp³-hybridized carbons (Fsp3) is 0.300. The summed E-state index contributed by atoms with van der Waals surface area (Å²) in [5, 5.41) is 5.40. The number of hydrogen-bond donors (Lipinski definition) is 2. The molecule has 2 rings (SSSR count). The first kappa shape index (κ1) is 20.5. The van der Waals surface area contributed by atoms with Crippen LogP contribution in [0.5, 0.6) is 0 Å². The molecule has 0 saturated carbocycles. The summed E-state index contributed by atoms with van der Waals surface area (Å²) in [4.78, 5) is 23.9. The monoisotopic (exact) mass is 378 g/mol. The van der Waals surface area contributed by atoms with E-state index < -0.39 is 11.7 Å². The summed E-state index contributed by atoms with van der Waals surface area (Å²) in [5.74, 6) is -0.597. The third kappa shape index (κ3) is 5.57. The molecule has 2 N–H and O–H groups in total. The molecule has 0 spiro atoms. The SMILES string of the molecule is CC(C)C(=O)NCCNC(=O)c1ccccc1-c1ccc(C(F)(F)F)cc1. The average Bonchev–Trinajstić information content (AvgIpc) is 2.64. The summed E-state index contributed by atoms with van der Waals surface area (Å²) in [7, 11) is 0. The van der Waals surface area contributed by atoms with Gasteiger partial charge in [-0.05, 0) is 29.3 Å². The fourth-order valence-corrected chi connectivity index (χ4v) is 2.43. The van der Waals surface area contributed by atoms with E-state index in [1.807, 2.05) is 0 Å². The van der Waals surface area contributed by atoms with Crippen LogP contribution in [-0.4, -0.2) is 24.9 Å². The van der Waals surface area contributed by atoms with E-state index in [-0.39, 0.29) is 24.3 Å². The first-order chi connectivity index (χ1) is 12.7. The number of halogens is 3. The third-order valence-electron chi connectivity index (χ3n) is 3.93. The maximum atomic E-state index is 12.7. The number of benzene rings is 2. The molecule has 27 heavy (non-hydrogen) atoms. The number of carbonyl (C=O) groups is 2. The van der Waals surface area contributed by atoms with Crippen molar-refractivity contribution in [2.45, 2.75) is 20.0 Å². The second-order valence-corrected chi connectivity index (χ2v) is 6.32. The van der Waals surface area contributed by atoms with Crippen molar-refractivity contribution in [3.05, 3.63) is 59.7 Å². The maximum absolute atomic E-state index is 12.7. The van der Waals surface area contributed by atoms with Crippen LogP contribution >= 0.6 is 0 Å². The molecule has 0 fully saturated rings. The third-order valence-corrected chi connectivity index (χ3v) is 3.93. The zero-order valence-electron chi connectivity index (χ0n) is 15.1. The van der Waals surface area contributed by atoms with Crippen LogP contribution < -0.4 is 10.6 Å². The summed E-state index contributed by atoms with van der Waals surface area (Å²) in [5.41, 5.74) is 0.665. The highest BCUT2D eigenvalue weighted by Crippen LogP contribution is 2.31. The predicted molar refractivity (Wildman–Crippen MR) is 97.1 cm³/mol. The van der Waals surface area contributed by atoms with Crippen LogP contribution in [0.2, 0.25) is 0 Å². The van der Waals surface area contributed by atoms with Crippen LogP contribution in [0.25, 0.3) is 11.1 Å². The van der Waals surface area contributed by atoms with Crippen molar-refractivity contribution >= 4 is 11.8 Å². The summed E-state index contributed by atoms with van der Waals surface area (Å²) >= 11 is 0. The second-order valence-electron chi connectivity index (χ2n) is 6.32. The van der Waals surface area contributed by atoms with Gasteiger partial charge in [-0.3, -0.25) is 9.59 Å². The largest absolute Gasteiger partial charge is 0.416 e. The molecular weight excluding hydrogens is 357 g/mol. The molecule has 0 aromatic heterocycles. The van der Waals surface area contributed by atoms with Gasteiger partial charge in [0.1, 0.15) is 0 Å². The second kappa shape index (κ2) is 8.70. The van der Waals surface area contributed by atoms with E-state index in [0.717, 1.165) is 12.1 Å². The molecule has 0 aliphatic heterocycles. The topological polar surface area (TPSA) is 58.2 Å². The van der Waals surface area contributed by atoms with Gasteiger partial charge < -0.3 is 10.6 Å². The van der Waals surface area contributed by atoms with Crippen molar-refractivity contribution in [1.82, 2.24) is 10.6 Å². The Hall–Kier alpha value is -2.83. The van der Waals surface area contributed by atoms with Crippen LogP contribution in [0, 0.1) is 5.92 Å². The molecule has 0 atom stereocenters. The highest BCUT2D eigenvalue weighted by molar-refractivity contribution is 6.00. The van der Waals surface area contributed by atoms with Gasteiger partial charge in [-0.1, -0.05) is 44.2 Å². The normalized spacial score (nSPS) is 11.3. The summed E-state index contributed by atoms with van der Waals surface area (Å²) in [6.07, 6.45) is -4.41. The van der Waals surface area contributed by atoms with Crippen LogP contribution in [0.4, 0.5) is 13.2 Å². The Morgan fingerprint density at radius 1 is 0.926 bits per heavy atom. The molecule has 2 aromatic rings. The van der Waals surface area contributed by atoms with E-state index in [0.29, 0.717) is 23.2 Å². The van der Waals surface area contributed by atoms with Gasteiger partial charge in [-0.2, -0.15) is 13.2 Å². The first-order valence-corrected chi connectivity index (χ1v) is 8.52. The molecule has 2 aromatic carbocycles. The minimum Gasteiger partial charge on any atom is -0.354 e. The van der Waals surface area contributed by atoms with E-state index in [1.165, 1.54) is 12.1 Å². The molecule has 144 valence electrons. The number of nitrogens with one attached hydrogen (secondary N) is 2. The Kier molecular flexibility index (Phi) is 6.60. The fourth-order valence-electron chi connectivity index (χ4n) is 2.43. The molecule has 7 heteroatoms.